The summed E-state index contributed by atoms with van der Waals surface area (Å²) in [6.07, 6.45) is 1.86. The Morgan fingerprint density at radius 1 is 0.867 bits per heavy atom. The average molecular weight is 409 g/mol. The second-order valence-corrected chi connectivity index (χ2v) is 8.09. The van der Waals surface area contributed by atoms with E-state index in [9.17, 15) is 4.79 Å². The minimum absolute atomic E-state index is 0.302. The van der Waals surface area contributed by atoms with Crippen molar-refractivity contribution in [2.24, 2.45) is 0 Å². The van der Waals surface area contributed by atoms with Crippen molar-refractivity contribution >= 4 is 34.0 Å². The molecule has 0 fully saturated rings. The van der Waals surface area contributed by atoms with Gasteiger partial charge in [-0.2, -0.15) is 10.2 Å². The summed E-state index contributed by atoms with van der Waals surface area (Å²) < 4.78 is 1.72. The topological polar surface area (TPSA) is 75.6 Å². The van der Waals surface area contributed by atoms with Crippen molar-refractivity contribution in [1.29, 1.82) is 0 Å². The zero-order valence-corrected chi connectivity index (χ0v) is 16.5. The molecule has 0 saturated carbocycles. The van der Waals surface area contributed by atoms with E-state index in [0.717, 1.165) is 27.5 Å². The van der Waals surface area contributed by atoms with Crippen LogP contribution in [0.3, 0.4) is 0 Å². The Hall–Kier alpha value is -3.84. The first-order valence-electron chi connectivity index (χ1n) is 9.48. The van der Waals surface area contributed by atoms with Crippen molar-refractivity contribution < 1.29 is 0 Å². The smallest absolute Gasteiger partial charge is 0.292 e. The highest BCUT2D eigenvalue weighted by molar-refractivity contribution is 7.99. The molecule has 144 valence electrons. The number of fused-ring (bicyclic) bond motifs is 3. The molecule has 6 rings (SSSR count). The number of nitrogens with one attached hydrogen (secondary N) is 2. The average Bonchev–Trinajstić information content (AvgIpc) is 3.25. The van der Waals surface area contributed by atoms with Crippen LogP contribution in [0.1, 0.15) is 0 Å². The summed E-state index contributed by atoms with van der Waals surface area (Å²) in [7, 11) is 0. The Labute approximate surface area is 175 Å². The minimum atomic E-state index is -0.302. The Morgan fingerprint density at radius 3 is 2.57 bits per heavy atom. The lowest BCUT2D eigenvalue weighted by Gasteiger charge is -2.21. The molecule has 0 unspecified atom stereocenters. The van der Waals surface area contributed by atoms with Crippen LogP contribution in [-0.2, 0) is 0 Å². The molecule has 0 bridgehead atoms. The van der Waals surface area contributed by atoms with Crippen LogP contribution in [0.4, 0.5) is 11.4 Å². The third-order valence-electron chi connectivity index (χ3n) is 5.10. The Morgan fingerprint density at radius 2 is 1.67 bits per heavy atom. The predicted octanol–water partition coefficient (Wildman–Crippen LogP) is 4.98. The summed E-state index contributed by atoms with van der Waals surface area (Å²) >= 11 is 1.74. The third kappa shape index (κ3) is 2.71. The Bertz CT molecular complexity index is 1470. The van der Waals surface area contributed by atoms with Gasteiger partial charge in [-0.3, -0.25) is 4.79 Å². The lowest BCUT2D eigenvalue weighted by atomic mass is 10.1. The highest BCUT2D eigenvalue weighted by atomic mass is 32.2. The molecule has 0 aliphatic carbocycles. The molecule has 30 heavy (non-hydrogen) atoms. The van der Waals surface area contributed by atoms with Crippen molar-refractivity contribution in [3.8, 4) is 16.9 Å². The van der Waals surface area contributed by atoms with Gasteiger partial charge >= 0.3 is 0 Å². The fraction of sp³-hybridized carbons (Fsp3) is 0. The van der Waals surface area contributed by atoms with Gasteiger partial charge in [0.1, 0.15) is 5.69 Å². The first kappa shape index (κ1) is 17.1. The molecule has 2 aromatic heterocycles. The molecular weight excluding hydrogens is 394 g/mol. The second-order valence-electron chi connectivity index (χ2n) is 7.01. The molecule has 2 N–H and O–H groups in total. The molecule has 5 aromatic rings. The largest absolute Gasteiger partial charge is 0.354 e. The maximum atomic E-state index is 12.4. The van der Waals surface area contributed by atoms with Crippen LogP contribution in [0.5, 0.6) is 0 Å². The summed E-state index contributed by atoms with van der Waals surface area (Å²) in [6, 6.07) is 24.1. The lowest BCUT2D eigenvalue weighted by Crippen LogP contribution is -2.09. The summed E-state index contributed by atoms with van der Waals surface area (Å²) in [5.41, 5.74) is 4.67. The van der Waals surface area contributed by atoms with Crippen LogP contribution < -0.4 is 10.9 Å². The van der Waals surface area contributed by atoms with E-state index >= 15 is 0 Å². The number of hydrogen-bond donors (Lipinski definition) is 2. The van der Waals surface area contributed by atoms with Gasteiger partial charge in [-0.15, -0.1) is 0 Å². The summed E-state index contributed by atoms with van der Waals surface area (Å²) in [5.74, 6) is 0. The number of anilines is 2. The number of benzene rings is 3. The highest BCUT2D eigenvalue weighted by Gasteiger charge is 2.18. The number of para-hydroxylation sites is 2. The maximum absolute atomic E-state index is 12.4. The van der Waals surface area contributed by atoms with E-state index in [4.69, 9.17) is 0 Å². The summed E-state index contributed by atoms with van der Waals surface area (Å²) in [5, 5.41) is 15.7. The van der Waals surface area contributed by atoms with Gasteiger partial charge in [-0.25, -0.2) is 9.78 Å². The van der Waals surface area contributed by atoms with Gasteiger partial charge in [0.15, 0.2) is 5.52 Å². The van der Waals surface area contributed by atoms with Gasteiger partial charge in [0.25, 0.3) is 5.56 Å². The van der Waals surface area contributed by atoms with Gasteiger partial charge < -0.3 is 5.32 Å². The van der Waals surface area contributed by atoms with Gasteiger partial charge in [0, 0.05) is 21.6 Å². The molecule has 1 aliphatic heterocycles. The molecule has 0 saturated heterocycles. The molecule has 3 heterocycles. The van der Waals surface area contributed by atoms with Gasteiger partial charge in [-0.1, -0.05) is 48.2 Å². The van der Waals surface area contributed by atoms with E-state index in [1.54, 1.807) is 16.4 Å². The number of aromatic amines is 1. The van der Waals surface area contributed by atoms with E-state index < -0.39 is 0 Å². The normalized spacial score (nSPS) is 12.3. The Balaban J connectivity index is 1.49. The van der Waals surface area contributed by atoms with Crippen molar-refractivity contribution in [2.75, 3.05) is 5.32 Å². The van der Waals surface area contributed by atoms with Gasteiger partial charge in [-0.05, 0) is 36.4 Å². The van der Waals surface area contributed by atoms with Crippen LogP contribution >= 0.6 is 11.8 Å². The molecule has 1 aliphatic rings. The summed E-state index contributed by atoms with van der Waals surface area (Å²) in [6.45, 7) is 0. The van der Waals surface area contributed by atoms with E-state index in [0.29, 0.717) is 16.6 Å². The van der Waals surface area contributed by atoms with Crippen LogP contribution in [0.25, 0.3) is 27.8 Å². The van der Waals surface area contributed by atoms with E-state index in [1.165, 1.54) is 4.90 Å². The molecule has 6 nitrogen and oxygen atoms in total. The number of rotatable bonds is 2. The molecule has 0 amide bonds. The minimum Gasteiger partial charge on any atom is -0.354 e. The fourth-order valence-corrected chi connectivity index (χ4v) is 4.62. The Kier molecular flexibility index (Phi) is 3.75. The molecular formula is C23H15N5OS. The van der Waals surface area contributed by atoms with Crippen LogP contribution in [0, 0.1) is 0 Å². The first-order valence-corrected chi connectivity index (χ1v) is 10.3. The SMILES string of the molecule is O=c1[nH]nc(-c2ccc3c(c2)Nc2ccccc2S3)c2cn(-c3ccccc3)nc12. The predicted molar refractivity (Wildman–Crippen MR) is 119 cm³/mol. The molecule has 0 atom stereocenters. The second kappa shape index (κ2) is 6.60. The van der Waals surface area contributed by atoms with Crippen LogP contribution in [0.15, 0.2) is 93.6 Å². The molecule has 3 aromatic carbocycles. The first-order chi connectivity index (χ1) is 14.8. The van der Waals surface area contributed by atoms with E-state index in [-0.39, 0.29) is 5.56 Å². The lowest BCUT2D eigenvalue weighted by molar-refractivity contribution is 0.891. The third-order valence-corrected chi connectivity index (χ3v) is 6.26. The zero-order valence-electron chi connectivity index (χ0n) is 15.7. The van der Waals surface area contributed by atoms with Gasteiger partial charge in [0.05, 0.1) is 22.4 Å². The number of hydrogen-bond acceptors (Lipinski definition) is 5. The highest BCUT2D eigenvalue weighted by Crippen LogP contribution is 2.45. The molecule has 7 heteroatoms. The van der Waals surface area contributed by atoms with Crippen LogP contribution in [0.2, 0.25) is 0 Å². The molecule has 0 spiro atoms. The maximum Gasteiger partial charge on any atom is 0.292 e. The van der Waals surface area contributed by atoms with E-state index in [1.807, 2.05) is 54.7 Å². The fourth-order valence-electron chi connectivity index (χ4n) is 3.65. The molecule has 0 radical (unpaired) electrons. The summed E-state index contributed by atoms with van der Waals surface area (Å²) in [4.78, 5) is 14.7. The van der Waals surface area contributed by atoms with Gasteiger partial charge in [0.2, 0.25) is 0 Å². The van der Waals surface area contributed by atoms with Crippen molar-refractivity contribution in [3.05, 3.63) is 89.3 Å². The standard InChI is InChI=1S/C23H15N5OS/c29-23-22-16(13-28(27-22)15-6-2-1-3-7-15)21(25-26-23)14-10-11-20-18(12-14)24-17-8-4-5-9-19(17)30-20/h1-13,24H,(H,26,29). The quantitative estimate of drug-likeness (QED) is 0.422. The zero-order chi connectivity index (χ0) is 20.1. The number of nitrogens with zero attached hydrogens (tertiary/aromatic N) is 3. The van der Waals surface area contributed by atoms with Crippen LogP contribution in [-0.4, -0.2) is 20.0 Å². The van der Waals surface area contributed by atoms with Crippen molar-refractivity contribution in [3.63, 3.8) is 0 Å². The monoisotopic (exact) mass is 409 g/mol. The van der Waals surface area contributed by atoms with Crippen molar-refractivity contribution in [1.82, 2.24) is 20.0 Å². The van der Waals surface area contributed by atoms with E-state index in [2.05, 4.69) is 44.9 Å². The van der Waals surface area contributed by atoms with Crippen molar-refractivity contribution in [2.45, 2.75) is 9.79 Å². The number of H-pyrrole nitrogens is 1. The number of aromatic nitrogens is 4.